The first-order chi connectivity index (χ1) is 12.2. The first kappa shape index (κ1) is 20.6. The van der Waals surface area contributed by atoms with Crippen LogP contribution in [0.4, 0.5) is 4.79 Å². The van der Waals surface area contributed by atoms with Crippen molar-refractivity contribution in [2.24, 2.45) is 5.92 Å². The second-order valence-corrected chi connectivity index (χ2v) is 8.21. The second-order valence-electron chi connectivity index (χ2n) is 7.78. The molecule has 1 aromatic rings. The fraction of sp³-hybridized carbons (Fsp3) is 0.600. The molecule has 0 saturated heterocycles. The van der Waals surface area contributed by atoms with Gasteiger partial charge < -0.3 is 14.8 Å². The van der Waals surface area contributed by atoms with Gasteiger partial charge in [0.1, 0.15) is 5.60 Å². The first-order valence-electron chi connectivity index (χ1n) is 9.06. The summed E-state index contributed by atoms with van der Waals surface area (Å²) in [5.74, 6) is -0.00137. The number of hydrogen-bond acceptors (Lipinski definition) is 4. The van der Waals surface area contributed by atoms with Crippen LogP contribution in [0.2, 0.25) is 5.02 Å². The summed E-state index contributed by atoms with van der Waals surface area (Å²) in [7, 11) is 1.37. The van der Waals surface area contributed by atoms with E-state index in [2.05, 4.69) is 5.32 Å². The van der Waals surface area contributed by atoms with E-state index in [9.17, 15) is 9.59 Å². The highest BCUT2D eigenvalue weighted by atomic mass is 35.5. The highest BCUT2D eigenvalue weighted by molar-refractivity contribution is 6.30. The summed E-state index contributed by atoms with van der Waals surface area (Å²) in [5, 5.41) is 3.60. The van der Waals surface area contributed by atoms with E-state index in [-0.39, 0.29) is 18.1 Å². The Morgan fingerprint density at radius 3 is 2.65 bits per heavy atom. The molecule has 1 fully saturated rings. The molecule has 5 nitrogen and oxygen atoms in total. The molecule has 2 rings (SSSR count). The summed E-state index contributed by atoms with van der Waals surface area (Å²) in [5.41, 5.74) is 0.924. The molecule has 2 atom stereocenters. The lowest BCUT2D eigenvalue weighted by Gasteiger charge is -2.25. The van der Waals surface area contributed by atoms with E-state index in [0.717, 1.165) is 31.2 Å². The number of carbonyl (C=O) groups is 2. The Balaban J connectivity index is 1.99. The Morgan fingerprint density at radius 2 is 2.00 bits per heavy atom. The summed E-state index contributed by atoms with van der Waals surface area (Å²) in [6, 6.07) is 5.32. The van der Waals surface area contributed by atoms with Gasteiger partial charge in [-0.2, -0.15) is 0 Å². The predicted octanol–water partition coefficient (Wildman–Crippen LogP) is 4.75. The second kappa shape index (κ2) is 8.76. The molecular weight excluding hydrogens is 354 g/mol. The summed E-state index contributed by atoms with van der Waals surface area (Å²) in [6.45, 7) is 5.56. The number of esters is 1. The van der Waals surface area contributed by atoms with Gasteiger partial charge in [0.25, 0.3) is 0 Å². The number of halogens is 1. The minimum absolute atomic E-state index is 0.102. The third-order valence-corrected chi connectivity index (χ3v) is 4.85. The van der Waals surface area contributed by atoms with Crippen molar-refractivity contribution in [3.05, 3.63) is 34.3 Å². The lowest BCUT2D eigenvalue weighted by molar-refractivity contribution is 0.0491. The van der Waals surface area contributed by atoms with Crippen LogP contribution in [0, 0.1) is 5.92 Å². The van der Waals surface area contributed by atoms with Crippen molar-refractivity contribution < 1.29 is 19.1 Å². The molecule has 0 bridgehead atoms. The zero-order chi connectivity index (χ0) is 19.3. The van der Waals surface area contributed by atoms with E-state index in [1.807, 2.05) is 26.8 Å². The molecule has 0 unspecified atom stereocenters. The molecule has 0 radical (unpaired) electrons. The van der Waals surface area contributed by atoms with Crippen LogP contribution >= 0.6 is 11.6 Å². The lowest BCUT2D eigenvalue weighted by atomic mass is 9.93. The minimum atomic E-state index is -0.506. The third-order valence-electron chi connectivity index (χ3n) is 4.62. The van der Waals surface area contributed by atoms with Crippen molar-refractivity contribution >= 4 is 23.7 Å². The van der Waals surface area contributed by atoms with E-state index >= 15 is 0 Å². The van der Waals surface area contributed by atoms with Gasteiger partial charge in [0.15, 0.2) is 0 Å². The fourth-order valence-corrected chi connectivity index (χ4v) is 3.65. The van der Waals surface area contributed by atoms with Crippen LogP contribution in [0.5, 0.6) is 0 Å². The van der Waals surface area contributed by atoms with Crippen LogP contribution in [-0.4, -0.2) is 30.8 Å². The van der Waals surface area contributed by atoms with E-state index in [4.69, 9.17) is 21.1 Å². The Kier molecular flexibility index (Phi) is 6.93. The number of nitrogens with one attached hydrogen (secondary N) is 1. The number of hydrogen-bond donors (Lipinski definition) is 1. The van der Waals surface area contributed by atoms with E-state index in [1.165, 1.54) is 7.11 Å². The van der Waals surface area contributed by atoms with Crippen molar-refractivity contribution in [2.75, 3.05) is 7.11 Å². The SMILES string of the molecule is COC(=O)c1ccc(Cl)cc1CC[C@H]1CCC[C@@H]1NC(=O)OC(C)(C)C. The van der Waals surface area contributed by atoms with Gasteiger partial charge in [-0.1, -0.05) is 18.0 Å². The van der Waals surface area contributed by atoms with Crippen LogP contribution < -0.4 is 5.32 Å². The smallest absolute Gasteiger partial charge is 0.407 e. The molecule has 1 aliphatic carbocycles. The molecule has 1 N–H and O–H groups in total. The number of aryl methyl sites for hydroxylation is 1. The molecular formula is C20H28ClNO4. The van der Waals surface area contributed by atoms with Crippen molar-refractivity contribution in [2.45, 2.75) is 64.5 Å². The average Bonchev–Trinajstić information content (AvgIpc) is 2.97. The van der Waals surface area contributed by atoms with Gasteiger partial charge in [-0.15, -0.1) is 0 Å². The third kappa shape index (κ3) is 5.90. The summed E-state index contributed by atoms with van der Waals surface area (Å²) >= 11 is 6.09. The van der Waals surface area contributed by atoms with Gasteiger partial charge >= 0.3 is 12.1 Å². The molecule has 0 aliphatic heterocycles. The maximum Gasteiger partial charge on any atom is 0.407 e. The molecule has 26 heavy (non-hydrogen) atoms. The Hall–Kier alpha value is -1.75. The predicted molar refractivity (Wildman–Crippen MR) is 102 cm³/mol. The van der Waals surface area contributed by atoms with Crippen molar-refractivity contribution in [3.63, 3.8) is 0 Å². The Morgan fingerprint density at radius 1 is 1.27 bits per heavy atom. The average molecular weight is 382 g/mol. The monoisotopic (exact) mass is 381 g/mol. The number of alkyl carbamates (subject to hydrolysis) is 1. The van der Waals surface area contributed by atoms with Gasteiger partial charge in [0.05, 0.1) is 12.7 Å². The van der Waals surface area contributed by atoms with Crippen molar-refractivity contribution in [1.82, 2.24) is 5.32 Å². The number of carbonyl (C=O) groups excluding carboxylic acids is 2. The van der Waals surface area contributed by atoms with Gasteiger partial charge in [-0.3, -0.25) is 0 Å². The quantitative estimate of drug-likeness (QED) is 0.747. The Labute approximate surface area is 160 Å². The van der Waals surface area contributed by atoms with E-state index in [1.54, 1.807) is 12.1 Å². The van der Waals surface area contributed by atoms with Gasteiger partial charge in [0.2, 0.25) is 0 Å². The molecule has 0 aromatic heterocycles. The molecule has 1 saturated carbocycles. The zero-order valence-corrected chi connectivity index (χ0v) is 16.7. The molecule has 0 heterocycles. The van der Waals surface area contributed by atoms with Crippen LogP contribution in [0.1, 0.15) is 62.4 Å². The number of rotatable bonds is 5. The molecule has 1 amide bonds. The lowest BCUT2D eigenvalue weighted by Crippen LogP contribution is -2.41. The van der Waals surface area contributed by atoms with Crippen molar-refractivity contribution in [3.8, 4) is 0 Å². The molecule has 6 heteroatoms. The highest BCUT2D eigenvalue weighted by Gasteiger charge is 2.30. The zero-order valence-electron chi connectivity index (χ0n) is 15.9. The topological polar surface area (TPSA) is 64.6 Å². The summed E-state index contributed by atoms with van der Waals surface area (Å²) < 4.78 is 10.2. The van der Waals surface area contributed by atoms with E-state index < -0.39 is 5.60 Å². The largest absolute Gasteiger partial charge is 0.465 e. The van der Waals surface area contributed by atoms with Gasteiger partial charge in [-0.05, 0) is 76.1 Å². The maximum absolute atomic E-state index is 12.0. The summed E-state index contributed by atoms with van der Waals surface area (Å²) in [4.78, 5) is 24.0. The Bertz CT molecular complexity index is 654. The number of methoxy groups -OCH3 is 1. The van der Waals surface area contributed by atoms with E-state index in [0.29, 0.717) is 22.9 Å². The fourth-order valence-electron chi connectivity index (χ4n) is 3.45. The first-order valence-corrected chi connectivity index (χ1v) is 9.43. The van der Waals surface area contributed by atoms with Crippen LogP contribution in [0.15, 0.2) is 18.2 Å². The molecule has 1 aliphatic rings. The van der Waals surface area contributed by atoms with Gasteiger partial charge in [0, 0.05) is 11.1 Å². The number of amides is 1. The van der Waals surface area contributed by atoms with Crippen LogP contribution in [-0.2, 0) is 15.9 Å². The van der Waals surface area contributed by atoms with Crippen LogP contribution in [0.3, 0.4) is 0 Å². The van der Waals surface area contributed by atoms with Gasteiger partial charge in [-0.25, -0.2) is 9.59 Å². The van der Waals surface area contributed by atoms with Crippen LogP contribution in [0.25, 0.3) is 0 Å². The normalized spacial score (nSPS) is 19.9. The minimum Gasteiger partial charge on any atom is -0.465 e. The highest BCUT2D eigenvalue weighted by Crippen LogP contribution is 2.31. The summed E-state index contributed by atoms with van der Waals surface area (Å²) in [6.07, 6.45) is 4.28. The molecule has 0 spiro atoms. The standard InChI is InChI=1S/C20H28ClNO4/c1-20(2,3)26-19(24)22-17-7-5-6-13(17)8-9-14-12-15(21)10-11-16(14)18(23)25-4/h10-13,17H,5-9H2,1-4H3,(H,22,24)/t13-,17+/m1/s1. The number of benzene rings is 1. The molecule has 1 aromatic carbocycles. The molecule has 144 valence electrons. The number of ether oxygens (including phenoxy) is 2. The maximum atomic E-state index is 12.0. The van der Waals surface area contributed by atoms with Crippen molar-refractivity contribution in [1.29, 1.82) is 0 Å².